The van der Waals surface area contributed by atoms with E-state index in [1.54, 1.807) is 0 Å². The highest BCUT2D eigenvalue weighted by molar-refractivity contribution is 6.69. The Bertz CT molecular complexity index is 279. The fourth-order valence-electron chi connectivity index (χ4n) is 2.85. The number of alkyl halides is 1. The van der Waals surface area contributed by atoms with Crippen LogP contribution in [0, 0.1) is 5.92 Å². The molecule has 2 fully saturated rings. The second kappa shape index (κ2) is 4.84. The van der Waals surface area contributed by atoms with Crippen molar-refractivity contribution in [1.82, 2.24) is 0 Å². The first-order valence-corrected chi connectivity index (χ1v) is 10.7. The molecule has 4 atom stereocenters. The molecule has 2 aliphatic rings. The van der Waals surface area contributed by atoms with Crippen molar-refractivity contribution < 1.29 is 9.16 Å². The van der Waals surface area contributed by atoms with E-state index in [9.17, 15) is 0 Å². The van der Waals surface area contributed by atoms with Gasteiger partial charge in [-0.25, -0.2) is 0 Å². The van der Waals surface area contributed by atoms with Crippen molar-refractivity contribution in [3.8, 4) is 0 Å². The van der Waals surface area contributed by atoms with Gasteiger partial charge in [0.25, 0.3) is 0 Å². The molecular weight excluding hydrogens is 252 g/mol. The summed E-state index contributed by atoms with van der Waals surface area (Å²) in [5.74, 6) is -0.0353. The summed E-state index contributed by atoms with van der Waals surface area (Å²) >= 11 is 6.46. The average molecular weight is 277 g/mol. The minimum Gasteiger partial charge on any atom is -0.389 e. The molecule has 0 spiro atoms. The number of rotatable bonds is 2. The van der Waals surface area contributed by atoms with Gasteiger partial charge in [-0.15, -0.1) is 11.6 Å². The zero-order valence-corrected chi connectivity index (χ0v) is 13.2. The summed E-state index contributed by atoms with van der Waals surface area (Å²) < 4.78 is 12.5. The van der Waals surface area contributed by atoms with Crippen molar-refractivity contribution in [2.45, 2.75) is 75.9 Å². The quantitative estimate of drug-likeness (QED) is 0.557. The molecule has 1 heterocycles. The zero-order valence-electron chi connectivity index (χ0n) is 11.5. The van der Waals surface area contributed by atoms with Gasteiger partial charge in [-0.2, -0.15) is 0 Å². The Labute approximate surface area is 111 Å². The summed E-state index contributed by atoms with van der Waals surface area (Å²) in [4.78, 5) is 0. The Kier molecular flexibility index (Phi) is 3.94. The molecule has 1 saturated heterocycles. The zero-order chi connectivity index (χ0) is 12.7. The van der Waals surface area contributed by atoms with Crippen molar-refractivity contribution in [3.63, 3.8) is 0 Å². The van der Waals surface area contributed by atoms with E-state index in [0.717, 1.165) is 12.8 Å². The van der Waals surface area contributed by atoms with Crippen molar-refractivity contribution >= 4 is 19.9 Å². The molecule has 100 valence electrons. The number of ether oxygens (including phenoxy) is 1. The van der Waals surface area contributed by atoms with Crippen molar-refractivity contribution in [1.29, 1.82) is 0 Å². The van der Waals surface area contributed by atoms with Crippen LogP contribution in [0.2, 0.25) is 19.6 Å². The number of fused-ring (bicyclic) bond motifs is 1. The third-order valence-electron chi connectivity index (χ3n) is 3.62. The van der Waals surface area contributed by atoms with Crippen LogP contribution < -0.4 is 0 Å². The van der Waals surface area contributed by atoms with Gasteiger partial charge in [0.1, 0.15) is 0 Å². The fourth-order valence-corrected chi connectivity index (χ4v) is 4.69. The van der Waals surface area contributed by atoms with Crippen LogP contribution in [0.3, 0.4) is 0 Å². The summed E-state index contributed by atoms with van der Waals surface area (Å²) in [7, 11) is -1.61. The summed E-state index contributed by atoms with van der Waals surface area (Å²) in [5.41, 5.74) is 0. The highest BCUT2D eigenvalue weighted by Crippen LogP contribution is 2.57. The van der Waals surface area contributed by atoms with E-state index in [1.165, 1.54) is 19.3 Å². The van der Waals surface area contributed by atoms with Gasteiger partial charge >= 0.3 is 0 Å². The first-order valence-electron chi connectivity index (χ1n) is 6.87. The lowest BCUT2D eigenvalue weighted by Gasteiger charge is -2.30. The average Bonchev–Trinajstić information content (AvgIpc) is 2.68. The van der Waals surface area contributed by atoms with Crippen molar-refractivity contribution in [2.75, 3.05) is 0 Å². The fraction of sp³-hybridized carbons (Fsp3) is 1.00. The topological polar surface area (TPSA) is 18.5 Å². The van der Waals surface area contributed by atoms with Gasteiger partial charge in [0.05, 0.1) is 11.5 Å². The molecule has 1 aliphatic carbocycles. The second-order valence-electron chi connectivity index (χ2n) is 6.51. The maximum absolute atomic E-state index is 6.46. The van der Waals surface area contributed by atoms with Gasteiger partial charge in [0.15, 0.2) is 14.1 Å². The highest BCUT2D eigenvalue weighted by atomic mass is 35.5. The van der Waals surface area contributed by atoms with E-state index in [4.69, 9.17) is 20.8 Å². The van der Waals surface area contributed by atoms with Crippen LogP contribution in [0.5, 0.6) is 0 Å². The third-order valence-corrected chi connectivity index (χ3v) is 5.16. The van der Waals surface area contributed by atoms with E-state index in [2.05, 4.69) is 26.6 Å². The highest BCUT2D eigenvalue weighted by Gasteiger charge is 2.68. The number of hydrogen-bond donors (Lipinski definition) is 0. The molecule has 2 rings (SSSR count). The first-order chi connectivity index (χ1) is 7.85. The third kappa shape index (κ3) is 3.06. The second-order valence-corrected chi connectivity index (χ2v) is 11.4. The summed E-state index contributed by atoms with van der Waals surface area (Å²) in [6.45, 7) is 8.78. The monoisotopic (exact) mass is 276 g/mol. The first kappa shape index (κ1) is 13.8. The van der Waals surface area contributed by atoms with E-state index >= 15 is 0 Å². The smallest absolute Gasteiger partial charge is 0.187 e. The molecule has 0 aromatic rings. The van der Waals surface area contributed by atoms with Crippen LogP contribution >= 0.6 is 11.6 Å². The molecule has 1 saturated carbocycles. The lowest BCUT2D eigenvalue weighted by atomic mass is 10.1. The van der Waals surface area contributed by atoms with Crippen LogP contribution in [0.15, 0.2) is 0 Å². The van der Waals surface area contributed by atoms with Gasteiger partial charge in [0, 0.05) is 5.92 Å². The Morgan fingerprint density at radius 2 is 1.82 bits per heavy atom. The lowest BCUT2D eigenvalue weighted by molar-refractivity contribution is -0.152. The molecule has 4 unspecified atom stereocenters. The molecule has 1 aliphatic heterocycles. The Morgan fingerprint density at radius 1 is 1.18 bits per heavy atom. The van der Waals surface area contributed by atoms with Gasteiger partial charge in [-0.05, 0) is 39.4 Å². The molecule has 0 amide bonds. The van der Waals surface area contributed by atoms with Crippen LogP contribution in [-0.2, 0) is 9.16 Å². The van der Waals surface area contributed by atoms with Gasteiger partial charge in [-0.3, -0.25) is 0 Å². The standard InChI is InChI=1S/C13H25ClO2Si/c1-10-8-6-5-7-9-11-12(14)13(11,15-10)16-17(2,3)4/h10-12H,5-9H2,1-4H3. The van der Waals surface area contributed by atoms with Gasteiger partial charge in [-0.1, -0.05) is 19.3 Å². The Hall–Kier alpha value is 0.427. The van der Waals surface area contributed by atoms with Crippen LogP contribution in [0.4, 0.5) is 0 Å². The predicted octanol–water partition coefficient (Wildman–Crippen LogP) is 4.14. The Morgan fingerprint density at radius 3 is 2.47 bits per heavy atom. The van der Waals surface area contributed by atoms with Crippen LogP contribution in [0.25, 0.3) is 0 Å². The molecule has 4 heteroatoms. The maximum atomic E-state index is 6.46. The minimum atomic E-state index is -1.61. The molecule has 0 aromatic carbocycles. The molecule has 17 heavy (non-hydrogen) atoms. The van der Waals surface area contributed by atoms with E-state index in [1.807, 2.05) is 0 Å². The van der Waals surface area contributed by atoms with E-state index in [0.29, 0.717) is 5.92 Å². The van der Waals surface area contributed by atoms with Gasteiger partial charge in [0.2, 0.25) is 0 Å². The Balaban J connectivity index is 2.10. The molecule has 0 N–H and O–H groups in total. The SMILES string of the molecule is CC1CCCCCC2C(Cl)C2(O[Si](C)(C)C)O1. The largest absolute Gasteiger partial charge is 0.389 e. The molecule has 0 bridgehead atoms. The summed E-state index contributed by atoms with van der Waals surface area (Å²) in [5, 5.41) is 0.0646. The molecule has 0 aromatic heterocycles. The summed E-state index contributed by atoms with van der Waals surface area (Å²) in [6, 6.07) is 0. The number of hydrogen-bond acceptors (Lipinski definition) is 2. The molecule has 2 nitrogen and oxygen atoms in total. The van der Waals surface area contributed by atoms with Crippen molar-refractivity contribution in [3.05, 3.63) is 0 Å². The van der Waals surface area contributed by atoms with Crippen LogP contribution in [0.1, 0.15) is 39.0 Å². The molecule has 0 radical (unpaired) electrons. The minimum absolute atomic E-state index is 0.0646. The van der Waals surface area contributed by atoms with E-state index in [-0.39, 0.29) is 11.5 Å². The summed E-state index contributed by atoms with van der Waals surface area (Å²) in [6.07, 6.45) is 6.40. The molecular formula is C13H25ClO2Si. The number of halogens is 1. The van der Waals surface area contributed by atoms with Crippen molar-refractivity contribution in [2.24, 2.45) is 5.92 Å². The normalized spacial score (nSPS) is 43.2. The predicted molar refractivity (Wildman–Crippen MR) is 73.9 cm³/mol. The lowest BCUT2D eigenvalue weighted by Crippen LogP contribution is -2.39. The van der Waals surface area contributed by atoms with E-state index < -0.39 is 14.1 Å². The van der Waals surface area contributed by atoms with Crippen LogP contribution in [-0.4, -0.2) is 25.6 Å². The van der Waals surface area contributed by atoms with Gasteiger partial charge < -0.3 is 9.16 Å². The maximum Gasteiger partial charge on any atom is 0.187 e.